The smallest absolute Gasteiger partial charge is 0.205 e. The van der Waals surface area contributed by atoms with Crippen molar-refractivity contribution in [3.8, 4) is 5.69 Å². The molecule has 4 nitrogen and oxygen atoms in total. The topological polar surface area (TPSA) is 43.6 Å². The highest BCUT2D eigenvalue weighted by Crippen LogP contribution is 2.26. The van der Waals surface area contributed by atoms with Gasteiger partial charge in [0, 0.05) is 5.75 Å². The Morgan fingerprint density at radius 3 is 2.42 bits per heavy atom. The van der Waals surface area contributed by atoms with E-state index in [9.17, 15) is 4.39 Å². The van der Waals surface area contributed by atoms with Crippen LogP contribution >= 0.6 is 11.8 Å². The van der Waals surface area contributed by atoms with E-state index in [-0.39, 0.29) is 11.2 Å². The Bertz CT molecular complexity index is 822. The average molecular weight is 342 g/mol. The molecule has 2 aromatic carbocycles. The molecule has 0 N–H and O–H groups in total. The summed E-state index contributed by atoms with van der Waals surface area (Å²) in [7, 11) is 0. The normalized spacial score (nSPS) is 11.7. The van der Waals surface area contributed by atoms with Gasteiger partial charge in [0.1, 0.15) is 11.5 Å². The Morgan fingerprint density at radius 2 is 1.75 bits per heavy atom. The summed E-state index contributed by atoms with van der Waals surface area (Å²) in [6.07, 6.45) is 0. The van der Waals surface area contributed by atoms with Crippen molar-refractivity contribution >= 4 is 11.8 Å². The van der Waals surface area contributed by atoms with Crippen LogP contribution in [0.1, 0.15) is 31.9 Å². The van der Waals surface area contributed by atoms with Crippen LogP contribution in [0.3, 0.4) is 0 Å². The highest BCUT2D eigenvalue weighted by atomic mass is 32.2. The van der Waals surface area contributed by atoms with E-state index in [0.29, 0.717) is 10.8 Å². The molecule has 0 atom stereocenters. The first kappa shape index (κ1) is 16.6. The Labute approximate surface area is 145 Å². The van der Waals surface area contributed by atoms with Gasteiger partial charge in [-0.3, -0.25) is 0 Å². The van der Waals surface area contributed by atoms with Gasteiger partial charge in [0.25, 0.3) is 0 Å². The third kappa shape index (κ3) is 3.64. The quantitative estimate of drug-likeness (QED) is 0.660. The molecule has 0 spiro atoms. The predicted molar refractivity (Wildman–Crippen MR) is 93.8 cm³/mol. The maximum atomic E-state index is 13.9. The first-order valence-electron chi connectivity index (χ1n) is 7.70. The van der Waals surface area contributed by atoms with E-state index in [2.05, 4.69) is 60.6 Å². The van der Waals surface area contributed by atoms with Crippen molar-refractivity contribution in [3.63, 3.8) is 0 Å². The van der Waals surface area contributed by atoms with Crippen molar-refractivity contribution < 1.29 is 4.39 Å². The molecule has 0 unspecified atom stereocenters. The molecule has 3 rings (SSSR count). The molecule has 3 aromatic rings. The summed E-state index contributed by atoms with van der Waals surface area (Å²) in [6.45, 7) is 6.58. The monoisotopic (exact) mass is 342 g/mol. The van der Waals surface area contributed by atoms with Gasteiger partial charge in [0.15, 0.2) is 0 Å². The maximum Gasteiger partial charge on any atom is 0.214 e. The summed E-state index contributed by atoms with van der Waals surface area (Å²) in [4.78, 5) is 0. The van der Waals surface area contributed by atoms with E-state index in [1.54, 1.807) is 18.2 Å². The fraction of sp³-hybridized carbons (Fsp3) is 0.278. The SMILES string of the molecule is CC(C)(C)c1ccc(CSc2nnnn2-c2ccccc2F)cc1. The van der Waals surface area contributed by atoms with E-state index >= 15 is 0 Å². The highest BCUT2D eigenvalue weighted by molar-refractivity contribution is 7.98. The van der Waals surface area contributed by atoms with E-state index in [0.717, 1.165) is 5.75 Å². The predicted octanol–water partition coefficient (Wildman–Crippen LogP) is 4.39. The van der Waals surface area contributed by atoms with Crippen molar-refractivity contribution in [2.24, 2.45) is 0 Å². The standard InChI is InChI=1S/C18H19FN4S/c1-18(2,3)14-10-8-13(9-11-14)12-24-17-20-21-22-23(17)16-7-5-4-6-15(16)19/h4-11H,12H2,1-3H3. The first-order chi connectivity index (χ1) is 11.4. The molecule has 1 aromatic heterocycles. The van der Waals surface area contributed by atoms with Crippen molar-refractivity contribution in [2.75, 3.05) is 0 Å². The van der Waals surface area contributed by atoms with Gasteiger partial charge in [-0.1, -0.05) is 68.9 Å². The fourth-order valence-electron chi connectivity index (χ4n) is 2.29. The van der Waals surface area contributed by atoms with Crippen LogP contribution in [0, 0.1) is 5.82 Å². The minimum Gasteiger partial charge on any atom is -0.205 e. The summed E-state index contributed by atoms with van der Waals surface area (Å²) < 4.78 is 15.4. The van der Waals surface area contributed by atoms with E-state index in [4.69, 9.17) is 0 Å². The number of thioether (sulfide) groups is 1. The van der Waals surface area contributed by atoms with Crippen LogP contribution < -0.4 is 0 Å². The lowest BCUT2D eigenvalue weighted by Crippen LogP contribution is -2.10. The zero-order valence-corrected chi connectivity index (χ0v) is 14.7. The zero-order chi connectivity index (χ0) is 17.2. The van der Waals surface area contributed by atoms with Crippen molar-refractivity contribution in [3.05, 3.63) is 65.5 Å². The molecule has 0 radical (unpaired) electrons. The second kappa shape index (κ2) is 6.73. The van der Waals surface area contributed by atoms with Gasteiger partial charge in [-0.05, 0) is 39.1 Å². The minimum atomic E-state index is -0.346. The lowest BCUT2D eigenvalue weighted by Gasteiger charge is -2.19. The van der Waals surface area contributed by atoms with Crippen LogP contribution in [0.5, 0.6) is 0 Å². The van der Waals surface area contributed by atoms with Crippen LogP contribution in [0.2, 0.25) is 0 Å². The molecular weight excluding hydrogens is 323 g/mol. The molecule has 124 valence electrons. The number of tetrazole rings is 1. The van der Waals surface area contributed by atoms with Gasteiger partial charge >= 0.3 is 0 Å². The molecule has 0 aliphatic carbocycles. The second-order valence-corrected chi connectivity index (χ2v) is 7.50. The Kier molecular flexibility index (Phi) is 4.66. The number of benzene rings is 2. The van der Waals surface area contributed by atoms with Crippen LogP contribution in [-0.4, -0.2) is 20.2 Å². The Morgan fingerprint density at radius 1 is 1.04 bits per heavy atom. The molecule has 1 heterocycles. The number of para-hydroxylation sites is 1. The summed E-state index contributed by atoms with van der Waals surface area (Å²) in [5.74, 6) is 0.375. The number of hydrogen-bond donors (Lipinski definition) is 0. The molecular formula is C18H19FN4S. The number of hydrogen-bond acceptors (Lipinski definition) is 4. The number of rotatable bonds is 4. The van der Waals surface area contributed by atoms with E-state index in [1.807, 2.05) is 0 Å². The van der Waals surface area contributed by atoms with Crippen LogP contribution in [0.15, 0.2) is 53.7 Å². The van der Waals surface area contributed by atoms with Crippen molar-refractivity contribution in [2.45, 2.75) is 37.1 Å². The minimum absolute atomic E-state index is 0.139. The van der Waals surface area contributed by atoms with Crippen LogP contribution in [0.4, 0.5) is 4.39 Å². The van der Waals surface area contributed by atoms with Gasteiger partial charge in [0.2, 0.25) is 5.16 Å². The Hall–Kier alpha value is -2.21. The average Bonchev–Trinajstić information content (AvgIpc) is 3.01. The number of nitrogens with zero attached hydrogens (tertiary/aromatic N) is 4. The van der Waals surface area contributed by atoms with Gasteiger partial charge in [-0.2, -0.15) is 4.68 Å². The van der Waals surface area contributed by atoms with Gasteiger partial charge in [0.05, 0.1) is 0 Å². The molecule has 24 heavy (non-hydrogen) atoms. The number of aromatic nitrogens is 4. The molecule has 0 saturated carbocycles. The summed E-state index contributed by atoms with van der Waals surface area (Å²) in [6, 6.07) is 15.0. The van der Waals surface area contributed by atoms with E-state index in [1.165, 1.54) is 33.6 Å². The first-order valence-corrected chi connectivity index (χ1v) is 8.69. The molecule has 0 saturated heterocycles. The Balaban J connectivity index is 1.75. The number of halogens is 1. The summed E-state index contributed by atoms with van der Waals surface area (Å²) in [5, 5.41) is 12.1. The lowest BCUT2D eigenvalue weighted by atomic mass is 9.87. The zero-order valence-electron chi connectivity index (χ0n) is 13.9. The molecule has 0 aliphatic heterocycles. The van der Waals surface area contributed by atoms with E-state index < -0.39 is 0 Å². The van der Waals surface area contributed by atoms with Crippen molar-refractivity contribution in [1.82, 2.24) is 20.2 Å². The lowest BCUT2D eigenvalue weighted by molar-refractivity contribution is 0.590. The summed E-state index contributed by atoms with van der Waals surface area (Å²) in [5.41, 5.74) is 2.97. The fourth-order valence-corrected chi connectivity index (χ4v) is 3.13. The third-order valence-electron chi connectivity index (χ3n) is 3.71. The highest BCUT2D eigenvalue weighted by Gasteiger charge is 2.14. The van der Waals surface area contributed by atoms with Gasteiger partial charge in [-0.15, -0.1) is 5.10 Å². The van der Waals surface area contributed by atoms with Gasteiger partial charge < -0.3 is 0 Å². The molecule has 0 fully saturated rings. The van der Waals surface area contributed by atoms with Gasteiger partial charge in [-0.25, -0.2) is 4.39 Å². The molecule has 6 heteroatoms. The molecule has 0 aliphatic rings. The molecule has 0 bridgehead atoms. The maximum absolute atomic E-state index is 13.9. The molecule has 0 amide bonds. The largest absolute Gasteiger partial charge is 0.214 e. The van der Waals surface area contributed by atoms with Crippen LogP contribution in [-0.2, 0) is 11.2 Å². The summed E-state index contributed by atoms with van der Waals surface area (Å²) >= 11 is 1.48. The second-order valence-electron chi connectivity index (χ2n) is 6.56. The van der Waals surface area contributed by atoms with Crippen molar-refractivity contribution in [1.29, 1.82) is 0 Å². The van der Waals surface area contributed by atoms with Crippen LogP contribution in [0.25, 0.3) is 5.69 Å². The third-order valence-corrected chi connectivity index (χ3v) is 4.70.